The van der Waals surface area contributed by atoms with E-state index in [0.717, 1.165) is 11.1 Å². The lowest BCUT2D eigenvalue weighted by Crippen LogP contribution is -2.32. The number of halogens is 2. The molecule has 0 aliphatic carbocycles. The number of carbonyl (C=O) groups is 2. The SMILES string of the molecule is Cc1ccccc1CNC(=O)[C@@H]1CC(=O)N(c2ccc(F)c(Cl)c2)C1. The molecule has 0 bridgehead atoms. The number of carbonyl (C=O) groups excluding carboxylic acids is 2. The Balaban J connectivity index is 1.64. The molecule has 6 heteroatoms. The van der Waals surface area contributed by atoms with Crippen molar-refractivity contribution in [1.82, 2.24) is 5.32 Å². The highest BCUT2D eigenvalue weighted by atomic mass is 35.5. The Bertz CT molecular complexity index is 825. The first-order valence-electron chi connectivity index (χ1n) is 8.03. The molecule has 25 heavy (non-hydrogen) atoms. The maximum Gasteiger partial charge on any atom is 0.227 e. The molecule has 1 aliphatic rings. The maximum absolute atomic E-state index is 13.3. The summed E-state index contributed by atoms with van der Waals surface area (Å²) in [6.07, 6.45) is 0.134. The zero-order valence-electron chi connectivity index (χ0n) is 13.8. The molecular weight excluding hydrogens is 343 g/mol. The molecule has 0 spiro atoms. The minimum atomic E-state index is -0.537. The van der Waals surface area contributed by atoms with Crippen LogP contribution in [0.15, 0.2) is 42.5 Å². The van der Waals surface area contributed by atoms with Crippen LogP contribution in [0.2, 0.25) is 5.02 Å². The summed E-state index contributed by atoms with van der Waals surface area (Å²) in [6.45, 7) is 2.68. The zero-order chi connectivity index (χ0) is 18.0. The molecule has 1 atom stereocenters. The highest BCUT2D eigenvalue weighted by molar-refractivity contribution is 6.31. The van der Waals surface area contributed by atoms with E-state index in [-0.39, 0.29) is 29.8 Å². The van der Waals surface area contributed by atoms with Crippen LogP contribution in [0.1, 0.15) is 17.5 Å². The van der Waals surface area contributed by atoms with E-state index >= 15 is 0 Å². The van der Waals surface area contributed by atoms with E-state index in [1.807, 2.05) is 31.2 Å². The highest BCUT2D eigenvalue weighted by Gasteiger charge is 2.35. The summed E-state index contributed by atoms with van der Waals surface area (Å²) in [5.74, 6) is -1.30. The van der Waals surface area contributed by atoms with Gasteiger partial charge in [-0.3, -0.25) is 9.59 Å². The van der Waals surface area contributed by atoms with Crippen molar-refractivity contribution in [1.29, 1.82) is 0 Å². The Morgan fingerprint density at radius 3 is 2.80 bits per heavy atom. The number of anilines is 1. The van der Waals surface area contributed by atoms with Gasteiger partial charge in [0.1, 0.15) is 5.82 Å². The predicted molar refractivity (Wildman–Crippen MR) is 94.9 cm³/mol. The molecule has 3 rings (SSSR count). The average molecular weight is 361 g/mol. The van der Waals surface area contributed by atoms with Gasteiger partial charge in [-0.05, 0) is 36.2 Å². The molecule has 0 unspecified atom stereocenters. The molecule has 1 heterocycles. The summed E-state index contributed by atoms with van der Waals surface area (Å²) in [5, 5.41) is 2.85. The number of aryl methyl sites for hydroxylation is 1. The molecular formula is C19H18ClFN2O2. The first-order valence-corrected chi connectivity index (χ1v) is 8.41. The Kier molecular flexibility index (Phi) is 5.04. The lowest BCUT2D eigenvalue weighted by Gasteiger charge is -2.17. The van der Waals surface area contributed by atoms with Crippen molar-refractivity contribution in [3.8, 4) is 0 Å². The molecule has 1 aliphatic heterocycles. The van der Waals surface area contributed by atoms with Crippen LogP contribution in [-0.4, -0.2) is 18.4 Å². The van der Waals surface area contributed by atoms with E-state index in [9.17, 15) is 14.0 Å². The van der Waals surface area contributed by atoms with Crippen LogP contribution in [0.5, 0.6) is 0 Å². The third kappa shape index (κ3) is 3.82. The molecule has 2 amide bonds. The van der Waals surface area contributed by atoms with Gasteiger partial charge in [-0.2, -0.15) is 0 Å². The number of hydrogen-bond donors (Lipinski definition) is 1. The highest BCUT2D eigenvalue weighted by Crippen LogP contribution is 2.28. The number of rotatable bonds is 4. The van der Waals surface area contributed by atoms with E-state index in [1.165, 1.54) is 23.1 Å². The molecule has 1 N–H and O–H groups in total. The van der Waals surface area contributed by atoms with Crippen LogP contribution in [0.25, 0.3) is 0 Å². The summed E-state index contributed by atoms with van der Waals surface area (Å²) in [7, 11) is 0. The van der Waals surface area contributed by atoms with Gasteiger partial charge in [0.15, 0.2) is 0 Å². The monoisotopic (exact) mass is 360 g/mol. The Hall–Kier alpha value is -2.40. The van der Waals surface area contributed by atoms with E-state index in [2.05, 4.69) is 5.32 Å². The summed E-state index contributed by atoms with van der Waals surface area (Å²) in [5.41, 5.74) is 2.65. The molecule has 130 valence electrons. The second kappa shape index (κ2) is 7.23. The van der Waals surface area contributed by atoms with Gasteiger partial charge in [0, 0.05) is 25.2 Å². The number of hydrogen-bond acceptors (Lipinski definition) is 2. The van der Waals surface area contributed by atoms with Crippen molar-refractivity contribution in [3.05, 3.63) is 64.4 Å². The van der Waals surface area contributed by atoms with Crippen LogP contribution in [-0.2, 0) is 16.1 Å². The lowest BCUT2D eigenvalue weighted by atomic mass is 10.1. The van der Waals surface area contributed by atoms with Gasteiger partial charge in [-0.25, -0.2) is 4.39 Å². The van der Waals surface area contributed by atoms with Gasteiger partial charge in [-0.1, -0.05) is 35.9 Å². The van der Waals surface area contributed by atoms with Crippen LogP contribution in [0, 0.1) is 18.7 Å². The van der Waals surface area contributed by atoms with Gasteiger partial charge in [0.25, 0.3) is 0 Å². The normalized spacial score (nSPS) is 17.0. The molecule has 4 nitrogen and oxygen atoms in total. The quantitative estimate of drug-likeness (QED) is 0.907. The van der Waals surface area contributed by atoms with E-state index in [0.29, 0.717) is 12.2 Å². The third-order valence-electron chi connectivity index (χ3n) is 4.43. The molecule has 0 aromatic heterocycles. The molecule has 1 saturated heterocycles. The molecule has 2 aromatic rings. The molecule has 2 aromatic carbocycles. The Labute approximate surface area is 150 Å². The maximum atomic E-state index is 13.3. The van der Waals surface area contributed by atoms with Gasteiger partial charge in [0.05, 0.1) is 10.9 Å². The molecule has 0 radical (unpaired) electrons. The topological polar surface area (TPSA) is 49.4 Å². The number of amides is 2. The van der Waals surface area contributed by atoms with Crippen LogP contribution >= 0.6 is 11.6 Å². The molecule has 1 fully saturated rings. The van der Waals surface area contributed by atoms with Crippen LogP contribution < -0.4 is 10.2 Å². The number of nitrogens with zero attached hydrogens (tertiary/aromatic N) is 1. The number of benzene rings is 2. The Morgan fingerprint density at radius 2 is 2.08 bits per heavy atom. The summed E-state index contributed by atoms with van der Waals surface area (Å²) < 4.78 is 13.3. The zero-order valence-corrected chi connectivity index (χ0v) is 14.5. The smallest absolute Gasteiger partial charge is 0.227 e. The van der Waals surface area contributed by atoms with Crippen LogP contribution in [0.4, 0.5) is 10.1 Å². The standard InChI is InChI=1S/C19H18ClFN2O2/c1-12-4-2-3-5-13(12)10-22-19(25)14-8-18(24)23(11-14)15-6-7-17(21)16(20)9-15/h2-7,9,14H,8,10-11H2,1H3,(H,22,25)/t14-/m1/s1. The van der Waals surface area contributed by atoms with Gasteiger partial charge < -0.3 is 10.2 Å². The predicted octanol–water partition coefficient (Wildman–Crippen LogP) is 3.46. The van der Waals surface area contributed by atoms with E-state index < -0.39 is 11.7 Å². The minimum Gasteiger partial charge on any atom is -0.352 e. The minimum absolute atomic E-state index is 0.0437. The van der Waals surface area contributed by atoms with Gasteiger partial charge >= 0.3 is 0 Å². The second-order valence-corrected chi connectivity index (χ2v) is 6.56. The number of nitrogens with one attached hydrogen (secondary N) is 1. The molecule has 0 saturated carbocycles. The fraction of sp³-hybridized carbons (Fsp3) is 0.263. The van der Waals surface area contributed by atoms with Crippen LogP contribution in [0.3, 0.4) is 0 Å². The second-order valence-electron chi connectivity index (χ2n) is 6.15. The van der Waals surface area contributed by atoms with Crippen molar-refractivity contribution in [2.45, 2.75) is 19.9 Å². The van der Waals surface area contributed by atoms with Crippen molar-refractivity contribution in [3.63, 3.8) is 0 Å². The fourth-order valence-corrected chi connectivity index (χ4v) is 3.10. The average Bonchev–Trinajstić information content (AvgIpc) is 2.98. The van der Waals surface area contributed by atoms with Crippen molar-refractivity contribution in [2.75, 3.05) is 11.4 Å². The van der Waals surface area contributed by atoms with Crippen molar-refractivity contribution < 1.29 is 14.0 Å². The van der Waals surface area contributed by atoms with Crippen molar-refractivity contribution >= 4 is 29.1 Å². The third-order valence-corrected chi connectivity index (χ3v) is 4.71. The summed E-state index contributed by atoms with van der Waals surface area (Å²) in [4.78, 5) is 26.1. The fourth-order valence-electron chi connectivity index (χ4n) is 2.92. The van der Waals surface area contributed by atoms with Crippen molar-refractivity contribution in [2.24, 2.45) is 5.92 Å². The first-order chi connectivity index (χ1) is 12.0. The summed E-state index contributed by atoms with van der Waals surface area (Å²) >= 11 is 5.78. The largest absolute Gasteiger partial charge is 0.352 e. The van der Waals surface area contributed by atoms with E-state index in [4.69, 9.17) is 11.6 Å². The summed E-state index contributed by atoms with van der Waals surface area (Å²) in [6, 6.07) is 11.9. The van der Waals surface area contributed by atoms with E-state index in [1.54, 1.807) is 0 Å². The van der Waals surface area contributed by atoms with Gasteiger partial charge in [-0.15, -0.1) is 0 Å². The van der Waals surface area contributed by atoms with Gasteiger partial charge in [0.2, 0.25) is 11.8 Å². The first kappa shape index (κ1) is 17.4. The lowest BCUT2D eigenvalue weighted by molar-refractivity contribution is -0.126. The Morgan fingerprint density at radius 1 is 1.32 bits per heavy atom.